The summed E-state index contributed by atoms with van der Waals surface area (Å²) < 4.78 is 12.7. The number of aromatic nitrogens is 5. The van der Waals surface area contributed by atoms with Gasteiger partial charge in [0.2, 0.25) is 0 Å². The van der Waals surface area contributed by atoms with Gasteiger partial charge >= 0.3 is 7.05 Å². The molecule has 6 rings (SSSR count). The van der Waals surface area contributed by atoms with Crippen molar-refractivity contribution in [1.82, 2.24) is 24.6 Å². The van der Waals surface area contributed by atoms with Crippen LogP contribution in [0.1, 0.15) is 21.5 Å². The number of fused-ring (bicyclic) bond motifs is 2. The molecule has 11 heteroatoms. The lowest BCUT2D eigenvalue weighted by Gasteiger charge is -2.15. The topological polar surface area (TPSA) is 124 Å². The van der Waals surface area contributed by atoms with Crippen molar-refractivity contribution in [2.24, 2.45) is 0 Å². The van der Waals surface area contributed by atoms with Crippen molar-refractivity contribution in [3.05, 3.63) is 102 Å². The van der Waals surface area contributed by atoms with E-state index in [1.165, 1.54) is 0 Å². The minimum absolute atomic E-state index is 0.0111. The molecule has 0 amide bonds. The number of hydrogen-bond donors (Lipinski definition) is 2. The molecule has 0 atom stereocenters. The largest absolute Gasteiger partial charge is 0.491 e. The molecular formula is C33H31BN6O4. The Morgan fingerprint density at radius 2 is 1.91 bits per heavy atom. The lowest BCUT2D eigenvalue weighted by molar-refractivity contribution is 0.0992. The van der Waals surface area contributed by atoms with E-state index in [1.54, 1.807) is 49.2 Å². The molecule has 0 radical (unpaired) electrons. The smallest absolute Gasteiger partial charge is 0.431 e. The quantitative estimate of drug-likeness (QED) is 0.115. The Bertz CT molecular complexity index is 1960. The Morgan fingerprint density at radius 1 is 1.02 bits per heavy atom. The summed E-state index contributed by atoms with van der Waals surface area (Å²) in [6.45, 7) is 4.54. The van der Waals surface area contributed by atoms with E-state index in [4.69, 9.17) is 19.4 Å². The van der Waals surface area contributed by atoms with E-state index in [-0.39, 0.29) is 12.2 Å². The van der Waals surface area contributed by atoms with E-state index in [9.17, 15) is 9.82 Å². The first-order valence-corrected chi connectivity index (χ1v) is 14.3. The van der Waals surface area contributed by atoms with Crippen LogP contribution in [0.5, 0.6) is 5.75 Å². The molecule has 3 heterocycles. The molecule has 0 saturated heterocycles. The van der Waals surface area contributed by atoms with Crippen LogP contribution in [0.4, 0.5) is 11.5 Å². The molecule has 3 aromatic carbocycles. The predicted molar refractivity (Wildman–Crippen MR) is 172 cm³/mol. The number of ether oxygens (including phenoxy) is 2. The summed E-state index contributed by atoms with van der Waals surface area (Å²) >= 11 is 0. The van der Waals surface area contributed by atoms with Crippen molar-refractivity contribution in [1.29, 1.82) is 0 Å². The summed E-state index contributed by atoms with van der Waals surface area (Å²) in [6.07, 6.45) is 5.19. The zero-order chi connectivity index (χ0) is 30.6. The van der Waals surface area contributed by atoms with Gasteiger partial charge in [0.1, 0.15) is 18.2 Å². The van der Waals surface area contributed by atoms with Crippen LogP contribution < -0.4 is 10.1 Å². The molecule has 10 nitrogen and oxygen atoms in total. The lowest BCUT2D eigenvalue weighted by atomic mass is 9.89. The highest BCUT2D eigenvalue weighted by Crippen LogP contribution is 2.33. The number of nitrogens with one attached hydrogen (secondary N) is 1. The second kappa shape index (κ2) is 12.6. The zero-order valence-corrected chi connectivity index (χ0v) is 24.7. The molecule has 44 heavy (non-hydrogen) atoms. The first-order valence-electron chi connectivity index (χ1n) is 14.3. The molecule has 0 unspecified atom stereocenters. The fraction of sp³-hybridized carbons (Fsp3) is 0.182. The molecule has 0 fully saturated rings. The fourth-order valence-electron chi connectivity index (χ4n) is 5.08. The van der Waals surface area contributed by atoms with E-state index in [2.05, 4.69) is 15.4 Å². The molecule has 2 N–H and O–H groups in total. The highest BCUT2D eigenvalue weighted by atomic mass is 16.5. The number of pyridine rings is 1. The summed E-state index contributed by atoms with van der Waals surface area (Å²) in [5, 5.41) is 19.5. The molecule has 220 valence electrons. The van der Waals surface area contributed by atoms with E-state index < -0.39 is 7.05 Å². The van der Waals surface area contributed by atoms with Gasteiger partial charge in [0.05, 0.1) is 23.8 Å². The van der Waals surface area contributed by atoms with Gasteiger partial charge in [0.15, 0.2) is 11.6 Å². The number of ketones is 1. The Kier molecular flexibility index (Phi) is 8.31. The number of carbonyl (C=O) groups is 1. The molecule has 0 spiro atoms. The number of benzene rings is 3. The van der Waals surface area contributed by atoms with Crippen molar-refractivity contribution < 1.29 is 19.3 Å². The van der Waals surface area contributed by atoms with Crippen molar-refractivity contribution in [3.63, 3.8) is 0 Å². The van der Waals surface area contributed by atoms with Crippen LogP contribution in [0.25, 0.3) is 33.2 Å². The number of methoxy groups -OCH3 is 1. The summed E-state index contributed by atoms with van der Waals surface area (Å²) in [6, 6.07) is 21.0. The van der Waals surface area contributed by atoms with Crippen molar-refractivity contribution >= 4 is 46.1 Å². The minimum Gasteiger partial charge on any atom is -0.491 e. The number of anilines is 2. The van der Waals surface area contributed by atoms with Crippen LogP contribution in [-0.2, 0) is 11.2 Å². The Hall–Kier alpha value is -5.13. The number of carbonyl (C=O) groups excluding carboxylic acids is 1. The maximum atomic E-state index is 12.9. The van der Waals surface area contributed by atoms with E-state index in [0.29, 0.717) is 30.4 Å². The van der Waals surface area contributed by atoms with Gasteiger partial charge in [0, 0.05) is 53.5 Å². The fourth-order valence-corrected chi connectivity index (χ4v) is 5.08. The number of aryl methyl sites for hydroxylation is 1. The third kappa shape index (κ3) is 6.15. The first kappa shape index (κ1) is 29.0. The lowest BCUT2D eigenvalue weighted by Crippen LogP contribution is -2.20. The number of nitrogens with zero attached hydrogens (tertiary/aromatic N) is 5. The van der Waals surface area contributed by atoms with Gasteiger partial charge in [-0.1, -0.05) is 18.2 Å². The average Bonchev–Trinajstić information content (AvgIpc) is 3.46. The number of hydrogen-bond acceptors (Lipinski definition) is 9. The van der Waals surface area contributed by atoms with Gasteiger partial charge in [-0.15, -0.1) is 0 Å². The molecule has 6 aromatic rings. The van der Waals surface area contributed by atoms with E-state index in [0.717, 1.165) is 49.9 Å². The predicted octanol–water partition coefficient (Wildman–Crippen LogP) is 5.50. The molecular weight excluding hydrogens is 555 g/mol. The van der Waals surface area contributed by atoms with Crippen molar-refractivity contribution in [2.75, 3.05) is 25.6 Å². The van der Waals surface area contributed by atoms with Gasteiger partial charge in [-0.2, -0.15) is 5.10 Å². The summed E-state index contributed by atoms with van der Waals surface area (Å²) in [5.74, 6) is 1.83. The normalized spacial score (nSPS) is 11.2. The molecule has 3 aromatic heterocycles. The molecule has 0 aliphatic rings. The summed E-state index contributed by atoms with van der Waals surface area (Å²) in [5.41, 5.74) is 5.52. The van der Waals surface area contributed by atoms with Crippen molar-refractivity contribution in [3.8, 4) is 17.1 Å². The minimum atomic E-state index is -0.741. The maximum Gasteiger partial charge on any atom is 0.431 e. The second-order valence-electron chi connectivity index (χ2n) is 10.5. The van der Waals surface area contributed by atoms with Gasteiger partial charge in [0.25, 0.3) is 0 Å². The SMILES string of the molecule is COCCOc1cc2c(Nc3ccc4c(cnn4B(C)O)c3)nc(-c3cccc(CC(=O)c4cccnc4)c3)nc2cc1C. The highest BCUT2D eigenvalue weighted by molar-refractivity contribution is 6.47. The van der Waals surface area contributed by atoms with E-state index in [1.807, 2.05) is 61.5 Å². The standard InChI is InChI=1S/C33H31BN6O4/c1-21-14-28-27(18-31(21)44-13-12-43-3)33(37-26-9-10-29-25(17-26)20-36-40(29)34(2)42)39-32(38-28)23-7-4-6-22(15-23)16-30(41)24-8-5-11-35-19-24/h4-11,14-15,17-20,42H,12-13,16H2,1-3H3,(H,37,38,39). The van der Waals surface area contributed by atoms with Crippen LogP contribution >= 0.6 is 0 Å². The third-order valence-electron chi connectivity index (χ3n) is 7.28. The summed E-state index contributed by atoms with van der Waals surface area (Å²) in [7, 11) is 0.898. The Balaban J connectivity index is 1.40. The maximum absolute atomic E-state index is 12.9. The van der Waals surface area contributed by atoms with E-state index >= 15 is 0 Å². The molecule has 0 aliphatic heterocycles. The van der Waals surface area contributed by atoms with Crippen LogP contribution in [0.2, 0.25) is 6.82 Å². The van der Waals surface area contributed by atoms with Crippen molar-refractivity contribution in [2.45, 2.75) is 20.2 Å². The average molecular weight is 586 g/mol. The monoisotopic (exact) mass is 586 g/mol. The first-order chi connectivity index (χ1) is 21.4. The van der Waals surface area contributed by atoms with Crippen LogP contribution in [-0.4, -0.2) is 62.8 Å². The Morgan fingerprint density at radius 3 is 2.70 bits per heavy atom. The molecule has 0 bridgehead atoms. The van der Waals surface area contributed by atoms with Gasteiger partial charge < -0.3 is 19.8 Å². The Labute approximate surface area is 254 Å². The van der Waals surface area contributed by atoms with Gasteiger partial charge in [-0.3, -0.25) is 14.4 Å². The van der Waals surface area contributed by atoms with Crippen LogP contribution in [0, 0.1) is 6.92 Å². The number of Topliss-reactive ketones (excluding diaryl/α,β-unsaturated/α-hetero) is 1. The molecule has 0 saturated carbocycles. The van der Waals surface area contributed by atoms with Crippen LogP contribution in [0.3, 0.4) is 0 Å². The second-order valence-corrected chi connectivity index (χ2v) is 10.5. The highest BCUT2D eigenvalue weighted by Gasteiger charge is 2.16. The summed E-state index contributed by atoms with van der Waals surface area (Å²) in [4.78, 5) is 26.8. The third-order valence-corrected chi connectivity index (χ3v) is 7.28. The van der Waals surface area contributed by atoms with Gasteiger partial charge in [-0.05, 0) is 73.4 Å². The zero-order valence-electron chi connectivity index (χ0n) is 24.7. The van der Waals surface area contributed by atoms with Crippen LogP contribution in [0.15, 0.2) is 85.3 Å². The van der Waals surface area contributed by atoms with Gasteiger partial charge in [-0.25, -0.2) is 9.97 Å². The number of rotatable bonds is 11. The molecule has 0 aliphatic carbocycles.